The molecule has 0 unspecified atom stereocenters. The number of benzene rings is 1. The molecule has 6 nitrogen and oxygen atoms in total. The van der Waals surface area contributed by atoms with Gasteiger partial charge in [-0.05, 0) is 36.1 Å². The normalized spacial score (nSPS) is 11.1. The highest BCUT2D eigenvalue weighted by molar-refractivity contribution is 5.91. The molecular weight excluding hydrogens is 314 g/mol. The Hall–Kier alpha value is -2.89. The predicted octanol–water partition coefficient (Wildman–Crippen LogP) is 3.83. The number of nitrogens with one attached hydrogen (secondary N) is 1. The molecule has 0 aliphatic heterocycles. The van der Waals surface area contributed by atoms with Gasteiger partial charge >= 0.3 is 6.03 Å². The van der Waals surface area contributed by atoms with Crippen LogP contribution in [0.15, 0.2) is 42.6 Å². The second-order valence-electron chi connectivity index (χ2n) is 6.53. The van der Waals surface area contributed by atoms with Crippen LogP contribution in [0.25, 0.3) is 5.65 Å². The van der Waals surface area contributed by atoms with E-state index in [1.54, 1.807) is 11.9 Å². The van der Waals surface area contributed by atoms with Gasteiger partial charge < -0.3 is 10.2 Å². The van der Waals surface area contributed by atoms with E-state index in [9.17, 15) is 4.79 Å². The summed E-state index contributed by atoms with van der Waals surface area (Å²) in [6.07, 6.45) is 1.90. The van der Waals surface area contributed by atoms with Crippen LogP contribution in [0.1, 0.15) is 36.7 Å². The van der Waals surface area contributed by atoms with E-state index in [1.165, 1.54) is 0 Å². The highest BCUT2D eigenvalue weighted by atomic mass is 16.2. The second kappa shape index (κ2) is 6.93. The maximum absolute atomic E-state index is 12.7. The van der Waals surface area contributed by atoms with Gasteiger partial charge in [0.2, 0.25) is 0 Å². The Morgan fingerprint density at radius 2 is 2.00 bits per heavy atom. The molecule has 0 bridgehead atoms. The third-order valence-electron chi connectivity index (χ3n) is 4.27. The summed E-state index contributed by atoms with van der Waals surface area (Å²) in [5, 5.41) is 11.4. The van der Waals surface area contributed by atoms with Crippen molar-refractivity contribution in [3.05, 3.63) is 59.5 Å². The van der Waals surface area contributed by atoms with Crippen molar-refractivity contribution >= 4 is 17.4 Å². The SMILES string of the molecule is Cc1cccc(C(C)C)c1NC(=O)N(C)Cc1nnc2ccccn12. The first-order valence-electron chi connectivity index (χ1n) is 8.37. The number of nitrogens with zero attached hydrogens (tertiary/aromatic N) is 4. The van der Waals surface area contributed by atoms with Crippen molar-refractivity contribution in [2.45, 2.75) is 33.2 Å². The quantitative estimate of drug-likeness (QED) is 0.787. The number of carbonyl (C=O) groups excluding carboxylic acids is 1. The van der Waals surface area contributed by atoms with E-state index in [1.807, 2.05) is 47.9 Å². The molecule has 3 aromatic rings. The van der Waals surface area contributed by atoms with Gasteiger partial charge in [-0.15, -0.1) is 10.2 Å². The van der Waals surface area contributed by atoms with Gasteiger partial charge in [0.1, 0.15) is 0 Å². The van der Waals surface area contributed by atoms with E-state index >= 15 is 0 Å². The lowest BCUT2D eigenvalue weighted by molar-refractivity contribution is 0.219. The topological polar surface area (TPSA) is 62.5 Å². The fourth-order valence-electron chi connectivity index (χ4n) is 2.83. The molecule has 0 saturated carbocycles. The van der Waals surface area contributed by atoms with Gasteiger partial charge in [0.15, 0.2) is 11.5 Å². The van der Waals surface area contributed by atoms with Gasteiger partial charge in [0.25, 0.3) is 0 Å². The molecule has 130 valence electrons. The molecule has 2 heterocycles. The number of aryl methyl sites for hydroxylation is 1. The van der Waals surface area contributed by atoms with Crippen molar-refractivity contribution in [3.63, 3.8) is 0 Å². The highest BCUT2D eigenvalue weighted by Gasteiger charge is 2.16. The number of pyridine rings is 1. The highest BCUT2D eigenvalue weighted by Crippen LogP contribution is 2.27. The lowest BCUT2D eigenvalue weighted by Crippen LogP contribution is -2.32. The first-order valence-corrected chi connectivity index (χ1v) is 8.37. The smallest absolute Gasteiger partial charge is 0.320 e. The van der Waals surface area contributed by atoms with Crippen molar-refractivity contribution in [2.24, 2.45) is 0 Å². The Morgan fingerprint density at radius 3 is 2.76 bits per heavy atom. The second-order valence-corrected chi connectivity index (χ2v) is 6.53. The number of anilines is 1. The molecule has 0 spiro atoms. The number of hydrogen-bond acceptors (Lipinski definition) is 3. The maximum atomic E-state index is 12.7. The fraction of sp³-hybridized carbons (Fsp3) is 0.316. The van der Waals surface area contributed by atoms with Gasteiger partial charge in [0.05, 0.1) is 6.54 Å². The van der Waals surface area contributed by atoms with Crippen LogP contribution in [0.3, 0.4) is 0 Å². The first kappa shape index (κ1) is 17.0. The average molecular weight is 337 g/mol. The van der Waals surface area contributed by atoms with Crippen LogP contribution in [0.4, 0.5) is 10.5 Å². The molecule has 0 radical (unpaired) electrons. The van der Waals surface area contributed by atoms with Gasteiger partial charge in [0, 0.05) is 18.9 Å². The zero-order chi connectivity index (χ0) is 18.0. The third-order valence-corrected chi connectivity index (χ3v) is 4.27. The largest absolute Gasteiger partial charge is 0.322 e. The fourth-order valence-corrected chi connectivity index (χ4v) is 2.83. The molecular formula is C19H23N5O. The number of amides is 2. The van der Waals surface area contributed by atoms with Crippen LogP contribution in [0.5, 0.6) is 0 Å². The predicted molar refractivity (Wildman–Crippen MR) is 98.7 cm³/mol. The maximum Gasteiger partial charge on any atom is 0.322 e. The van der Waals surface area contributed by atoms with Gasteiger partial charge in [-0.25, -0.2) is 4.79 Å². The number of fused-ring (bicyclic) bond motifs is 1. The third kappa shape index (κ3) is 3.47. The van der Waals surface area contributed by atoms with Crippen LogP contribution in [-0.2, 0) is 6.54 Å². The minimum Gasteiger partial charge on any atom is -0.320 e. The molecule has 25 heavy (non-hydrogen) atoms. The summed E-state index contributed by atoms with van der Waals surface area (Å²) in [6.45, 7) is 6.63. The lowest BCUT2D eigenvalue weighted by Gasteiger charge is -2.21. The van der Waals surface area contributed by atoms with Crippen LogP contribution in [-0.4, -0.2) is 32.6 Å². The first-order chi connectivity index (χ1) is 12.0. The molecule has 0 atom stereocenters. The van der Waals surface area contributed by atoms with E-state index in [0.717, 1.165) is 28.3 Å². The summed E-state index contributed by atoms with van der Waals surface area (Å²) in [6, 6.07) is 11.6. The monoisotopic (exact) mass is 337 g/mol. The minimum atomic E-state index is -0.163. The average Bonchev–Trinajstić information content (AvgIpc) is 2.99. The summed E-state index contributed by atoms with van der Waals surface area (Å²) in [5.74, 6) is 1.06. The van der Waals surface area contributed by atoms with E-state index in [4.69, 9.17) is 0 Å². The van der Waals surface area contributed by atoms with E-state index in [0.29, 0.717) is 12.5 Å². The van der Waals surface area contributed by atoms with E-state index < -0.39 is 0 Å². The number of rotatable bonds is 4. The van der Waals surface area contributed by atoms with Crippen molar-refractivity contribution in [1.82, 2.24) is 19.5 Å². The summed E-state index contributed by atoms with van der Waals surface area (Å²) in [7, 11) is 1.76. The van der Waals surface area contributed by atoms with Crippen LogP contribution in [0, 0.1) is 6.92 Å². The van der Waals surface area contributed by atoms with Crippen molar-refractivity contribution in [2.75, 3.05) is 12.4 Å². The van der Waals surface area contributed by atoms with E-state index in [2.05, 4.69) is 35.4 Å². The van der Waals surface area contributed by atoms with E-state index in [-0.39, 0.29) is 6.03 Å². The van der Waals surface area contributed by atoms with Crippen molar-refractivity contribution < 1.29 is 4.79 Å². The Bertz CT molecular complexity index is 900. The summed E-state index contributed by atoms with van der Waals surface area (Å²) in [5.41, 5.74) is 3.85. The number of urea groups is 1. The van der Waals surface area contributed by atoms with Crippen LogP contribution in [0.2, 0.25) is 0 Å². The van der Waals surface area contributed by atoms with Crippen LogP contribution >= 0.6 is 0 Å². The number of para-hydroxylation sites is 1. The van der Waals surface area contributed by atoms with Gasteiger partial charge in [-0.1, -0.05) is 38.1 Å². The number of carbonyl (C=O) groups is 1. The minimum absolute atomic E-state index is 0.163. The Morgan fingerprint density at radius 1 is 1.20 bits per heavy atom. The summed E-state index contributed by atoms with van der Waals surface area (Å²) >= 11 is 0. The zero-order valence-corrected chi connectivity index (χ0v) is 15.0. The Labute approximate surface area is 147 Å². The zero-order valence-electron chi connectivity index (χ0n) is 15.0. The van der Waals surface area contributed by atoms with Gasteiger partial charge in [-0.3, -0.25) is 4.40 Å². The molecule has 6 heteroatoms. The summed E-state index contributed by atoms with van der Waals surface area (Å²) in [4.78, 5) is 14.3. The Kier molecular flexibility index (Phi) is 4.70. The molecule has 0 aliphatic rings. The molecule has 3 rings (SSSR count). The summed E-state index contributed by atoms with van der Waals surface area (Å²) < 4.78 is 1.89. The van der Waals surface area contributed by atoms with Crippen molar-refractivity contribution in [1.29, 1.82) is 0 Å². The van der Waals surface area contributed by atoms with Crippen LogP contribution < -0.4 is 5.32 Å². The molecule has 1 aromatic carbocycles. The lowest BCUT2D eigenvalue weighted by atomic mass is 9.98. The standard InChI is InChI=1S/C19H23N5O/c1-13(2)15-9-7-8-14(3)18(15)20-19(25)23(4)12-17-22-21-16-10-5-6-11-24(16)17/h5-11,13H,12H2,1-4H3,(H,20,25). The van der Waals surface area contributed by atoms with Crippen molar-refractivity contribution in [3.8, 4) is 0 Å². The number of hydrogen-bond donors (Lipinski definition) is 1. The number of aromatic nitrogens is 3. The Balaban J connectivity index is 1.78. The molecule has 2 aromatic heterocycles. The molecule has 2 amide bonds. The molecule has 1 N–H and O–H groups in total. The van der Waals surface area contributed by atoms with Gasteiger partial charge in [-0.2, -0.15) is 0 Å². The molecule has 0 aliphatic carbocycles. The molecule has 0 fully saturated rings. The molecule has 0 saturated heterocycles.